The van der Waals surface area contributed by atoms with E-state index in [1.54, 1.807) is 24.4 Å². The van der Waals surface area contributed by atoms with Gasteiger partial charge in [-0.3, -0.25) is 4.79 Å². The van der Waals surface area contributed by atoms with Crippen LogP contribution in [0.15, 0.2) is 54.7 Å². The second-order valence-corrected chi connectivity index (χ2v) is 4.76. The van der Waals surface area contributed by atoms with Gasteiger partial charge in [-0.05, 0) is 24.1 Å². The number of hydrogen-bond donors (Lipinski definition) is 1. The first-order chi connectivity index (χ1) is 9.75. The van der Waals surface area contributed by atoms with Gasteiger partial charge in [0.25, 0.3) is 0 Å². The van der Waals surface area contributed by atoms with E-state index in [9.17, 15) is 9.18 Å². The van der Waals surface area contributed by atoms with E-state index in [-0.39, 0.29) is 11.6 Å². The lowest BCUT2D eigenvalue weighted by atomic mass is 10.0. The molecule has 0 aliphatic heterocycles. The van der Waals surface area contributed by atoms with Crippen LogP contribution >= 0.6 is 0 Å². The fraction of sp³-hybridized carbons (Fsp3) is 0.118. The number of hydrogen-bond acceptors (Lipinski definition) is 1. The van der Waals surface area contributed by atoms with Crippen molar-refractivity contribution in [3.05, 3.63) is 71.7 Å². The Kier molecular flexibility index (Phi) is 3.33. The number of carbonyl (C=O) groups is 1. The van der Waals surface area contributed by atoms with Crippen LogP contribution < -0.4 is 0 Å². The van der Waals surface area contributed by atoms with Gasteiger partial charge in [0.15, 0.2) is 5.78 Å². The van der Waals surface area contributed by atoms with Crippen LogP contribution in [0.4, 0.5) is 4.39 Å². The summed E-state index contributed by atoms with van der Waals surface area (Å²) in [6, 6.07) is 14.3. The smallest absolute Gasteiger partial charge is 0.165 e. The fourth-order valence-electron chi connectivity index (χ4n) is 2.39. The Labute approximate surface area is 116 Å². The normalized spacial score (nSPS) is 10.8. The van der Waals surface area contributed by atoms with E-state index in [2.05, 4.69) is 4.98 Å². The summed E-state index contributed by atoms with van der Waals surface area (Å²) in [5, 5.41) is 0.922. The molecule has 0 aliphatic rings. The van der Waals surface area contributed by atoms with Crippen molar-refractivity contribution in [1.82, 2.24) is 4.98 Å². The number of aromatic amines is 1. The minimum atomic E-state index is -0.251. The Hall–Kier alpha value is -2.42. The van der Waals surface area contributed by atoms with Gasteiger partial charge in [0.05, 0.1) is 0 Å². The zero-order valence-corrected chi connectivity index (χ0v) is 10.9. The first-order valence-corrected chi connectivity index (χ1v) is 6.58. The topological polar surface area (TPSA) is 32.9 Å². The highest BCUT2D eigenvalue weighted by atomic mass is 19.1. The van der Waals surface area contributed by atoms with Crippen LogP contribution in [0, 0.1) is 5.82 Å². The number of ketones is 1. The second-order valence-electron chi connectivity index (χ2n) is 4.76. The number of H-pyrrole nitrogens is 1. The molecule has 1 heterocycles. The van der Waals surface area contributed by atoms with Gasteiger partial charge >= 0.3 is 0 Å². The Morgan fingerprint density at radius 2 is 1.80 bits per heavy atom. The highest BCUT2D eigenvalue weighted by molar-refractivity contribution is 6.07. The number of rotatable bonds is 4. The zero-order valence-electron chi connectivity index (χ0n) is 10.9. The summed E-state index contributed by atoms with van der Waals surface area (Å²) < 4.78 is 13.5. The number of Topliss-reactive ketones (excluding diaryl/α,β-unsaturated/α-hetero) is 1. The molecule has 1 N–H and O–H groups in total. The number of carbonyl (C=O) groups excluding carboxylic acids is 1. The molecule has 0 atom stereocenters. The van der Waals surface area contributed by atoms with Crippen LogP contribution in [0.3, 0.4) is 0 Å². The van der Waals surface area contributed by atoms with Crippen molar-refractivity contribution in [1.29, 1.82) is 0 Å². The summed E-state index contributed by atoms with van der Waals surface area (Å²) >= 11 is 0. The summed E-state index contributed by atoms with van der Waals surface area (Å²) in [4.78, 5) is 15.3. The van der Waals surface area contributed by atoms with Crippen molar-refractivity contribution in [3.63, 3.8) is 0 Å². The van der Waals surface area contributed by atoms with Crippen molar-refractivity contribution in [3.8, 4) is 0 Å². The largest absolute Gasteiger partial charge is 0.360 e. The molecule has 20 heavy (non-hydrogen) atoms. The van der Waals surface area contributed by atoms with Gasteiger partial charge in [0, 0.05) is 29.1 Å². The first-order valence-electron chi connectivity index (χ1n) is 6.58. The molecule has 3 rings (SSSR count). The van der Waals surface area contributed by atoms with E-state index in [1.807, 2.05) is 24.3 Å². The summed E-state index contributed by atoms with van der Waals surface area (Å²) in [5.74, 6) is -0.218. The maximum Gasteiger partial charge on any atom is 0.165 e. The van der Waals surface area contributed by atoms with Gasteiger partial charge in [-0.1, -0.05) is 36.4 Å². The van der Waals surface area contributed by atoms with Gasteiger partial charge in [0.2, 0.25) is 0 Å². The molecule has 2 aromatic carbocycles. The van der Waals surface area contributed by atoms with Crippen LogP contribution in [0.2, 0.25) is 0 Å². The van der Waals surface area contributed by atoms with Crippen molar-refractivity contribution < 1.29 is 9.18 Å². The van der Waals surface area contributed by atoms with Crippen molar-refractivity contribution in [2.75, 3.05) is 0 Å². The molecule has 100 valence electrons. The Bertz CT molecular complexity index is 760. The Morgan fingerprint density at radius 3 is 2.65 bits per heavy atom. The van der Waals surface area contributed by atoms with E-state index >= 15 is 0 Å². The summed E-state index contributed by atoms with van der Waals surface area (Å²) in [5.41, 5.74) is 2.21. The molecular weight excluding hydrogens is 253 g/mol. The predicted molar refractivity (Wildman–Crippen MR) is 77.4 cm³/mol. The third kappa shape index (κ3) is 2.35. The Morgan fingerprint density at radius 1 is 1.05 bits per heavy atom. The summed E-state index contributed by atoms with van der Waals surface area (Å²) in [6.07, 6.45) is 2.46. The molecule has 3 aromatic rings. The maximum atomic E-state index is 13.5. The lowest BCUT2D eigenvalue weighted by molar-refractivity contribution is 0.0984. The van der Waals surface area contributed by atoms with Gasteiger partial charge < -0.3 is 4.98 Å². The number of halogens is 1. The van der Waals surface area contributed by atoms with Crippen molar-refractivity contribution in [2.24, 2.45) is 0 Å². The number of benzene rings is 2. The third-order valence-corrected chi connectivity index (χ3v) is 3.47. The lowest BCUT2D eigenvalue weighted by Gasteiger charge is -2.02. The molecule has 0 bridgehead atoms. The molecular formula is C17H14FNO. The fourth-order valence-corrected chi connectivity index (χ4v) is 2.39. The summed E-state index contributed by atoms with van der Waals surface area (Å²) in [7, 11) is 0. The molecule has 0 saturated carbocycles. The number of para-hydroxylation sites is 1. The molecule has 2 nitrogen and oxygen atoms in total. The van der Waals surface area contributed by atoms with Gasteiger partial charge in [-0.15, -0.1) is 0 Å². The van der Waals surface area contributed by atoms with Crippen molar-refractivity contribution >= 4 is 16.7 Å². The molecule has 3 heteroatoms. The van der Waals surface area contributed by atoms with E-state index in [0.717, 1.165) is 10.9 Å². The molecule has 0 spiro atoms. The van der Waals surface area contributed by atoms with E-state index in [0.29, 0.717) is 24.0 Å². The second kappa shape index (κ2) is 5.29. The van der Waals surface area contributed by atoms with Crippen LogP contribution in [-0.2, 0) is 6.42 Å². The number of fused-ring (bicyclic) bond motifs is 1. The maximum absolute atomic E-state index is 13.5. The van der Waals surface area contributed by atoms with Gasteiger partial charge in [-0.2, -0.15) is 0 Å². The standard InChI is InChI=1S/C17H14FNO/c18-15-7-3-1-5-12(15)9-10-17(20)14-11-19-16-8-4-2-6-13(14)16/h1-8,11,19H,9-10H2. The first kappa shape index (κ1) is 12.6. The molecule has 0 unspecified atom stereocenters. The van der Waals surface area contributed by atoms with E-state index in [1.165, 1.54) is 6.07 Å². The number of aryl methyl sites for hydroxylation is 1. The average Bonchev–Trinajstić information content (AvgIpc) is 2.90. The van der Waals surface area contributed by atoms with E-state index in [4.69, 9.17) is 0 Å². The highest BCUT2D eigenvalue weighted by Gasteiger charge is 2.12. The average molecular weight is 267 g/mol. The molecule has 0 radical (unpaired) electrons. The Balaban J connectivity index is 1.79. The number of aromatic nitrogens is 1. The lowest BCUT2D eigenvalue weighted by Crippen LogP contribution is -2.01. The SMILES string of the molecule is O=C(CCc1ccccc1F)c1c[nH]c2ccccc12. The van der Waals surface area contributed by atoms with Gasteiger partial charge in [-0.25, -0.2) is 4.39 Å². The molecule has 0 saturated heterocycles. The predicted octanol–water partition coefficient (Wildman–Crippen LogP) is 4.12. The molecule has 0 amide bonds. The monoisotopic (exact) mass is 267 g/mol. The molecule has 0 fully saturated rings. The van der Waals surface area contributed by atoms with Crippen LogP contribution in [0.25, 0.3) is 10.9 Å². The van der Waals surface area contributed by atoms with Crippen LogP contribution in [-0.4, -0.2) is 10.8 Å². The van der Waals surface area contributed by atoms with Crippen LogP contribution in [0.5, 0.6) is 0 Å². The van der Waals surface area contributed by atoms with Gasteiger partial charge in [0.1, 0.15) is 5.82 Å². The minimum Gasteiger partial charge on any atom is -0.360 e. The minimum absolute atomic E-state index is 0.0331. The summed E-state index contributed by atoms with van der Waals surface area (Å²) in [6.45, 7) is 0. The zero-order chi connectivity index (χ0) is 13.9. The highest BCUT2D eigenvalue weighted by Crippen LogP contribution is 2.20. The van der Waals surface area contributed by atoms with Crippen LogP contribution in [0.1, 0.15) is 22.3 Å². The van der Waals surface area contributed by atoms with Crippen molar-refractivity contribution in [2.45, 2.75) is 12.8 Å². The molecule has 0 aliphatic carbocycles. The third-order valence-electron chi connectivity index (χ3n) is 3.47. The van der Waals surface area contributed by atoms with E-state index < -0.39 is 0 Å². The molecule has 1 aromatic heterocycles. The number of nitrogens with one attached hydrogen (secondary N) is 1. The quantitative estimate of drug-likeness (QED) is 0.708.